The molecule has 2 aromatic heterocycles. The number of nitrogens with one attached hydrogen (secondary N) is 1. The molecule has 1 N–H and O–H groups in total. The quantitative estimate of drug-likeness (QED) is 0.796. The van der Waals surface area contributed by atoms with Crippen LogP contribution < -0.4 is 5.32 Å². The van der Waals surface area contributed by atoms with Crippen LogP contribution >= 0.6 is 0 Å². The van der Waals surface area contributed by atoms with Crippen LogP contribution in [-0.4, -0.2) is 25.2 Å². The maximum atomic E-state index is 12.4. The molecule has 0 bridgehead atoms. The number of imidazole rings is 1. The molecule has 0 saturated carbocycles. The first kappa shape index (κ1) is 14.1. The largest absolute Gasteiger partial charge is 0.338 e. The predicted molar refractivity (Wildman–Crippen MR) is 82.2 cm³/mol. The topological polar surface area (TPSA) is 64.7 Å². The summed E-state index contributed by atoms with van der Waals surface area (Å²) >= 11 is 0. The maximum Gasteiger partial charge on any atom is 0.255 e. The summed E-state index contributed by atoms with van der Waals surface area (Å²) in [6.45, 7) is 0. The van der Waals surface area contributed by atoms with Gasteiger partial charge in [0.25, 0.3) is 5.91 Å². The van der Waals surface area contributed by atoms with Gasteiger partial charge >= 0.3 is 0 Å². The molecular weight excluding hydrogens is 278 g/mol. The Bertz CT molecular complexity index is 775. The average Bonchev–Trinajstić information content (AvgIpc) is 3.14. The fourth-order valence-corrected chi connectivity index (χ4v) is 2.35. The minimum atomic E-state index is -0.311. The van der Waals surface area contributed by atoms with Gasteiger partial charge in [0.15, 0.2) is 0 Å². The first-order valence-electron chi connectivity index (χ1n) is 6.97. The van der Waals surface area contributed by atoms with Crippen molar-refractivity contribution in [1.82, 2.24) is 24.6 Å². The zero-order chi connectivity index (χ0) is 15.5. The van der Waals surface area contributed by atoms with Gasteiger partial charge < -0.3 is 9.88 Å². The van der Waals surface area contributed by atoms with Crippen LogP contribution in [0, 0.1) is 0 Å². The number of aryl methyl sites for hydroxylation is 2. The summed E-state index contributed by atoms with van der Waals surface area (Å²) in [5, 5.41) is 7.06. The zero-order valence-electron chi connectivity index (χ0n) is 12.5. The van der Waals surface area contributed by atoms with Crippen molar-refractivity contribution in [2.75, 3.05) is 0 Å². The number of rotatable bonds is 4. The summed E-state index contributed by atoms with van der Waals surface area (Å²) in [7, 11) is 3.69. The van der Waals surface area contributed by atoms with Crippen molar-refractivity contribution in [3.05, 3.63) is 72.1 Å². The Morgan fingerprint density at radius 3 is 2.59 bits per heavy atom. The van der Waals surface area contributed by atoms with Crippen molar-refractivity contribution in [1.29, 1.82) is 0 Å². The summed E-state index contributed by atoms with van der Waals surface area (Å²) in [5.74, 6) is 0.605. The smallest absolute Gasteiger partial charge is 0.255 e. The highest BCUT2D eigenvalue weighted by Crippen LogP contribution is 2.20. The minimum absolute atomic E-state index is 0.176. The van der Waals surface area contributed by atoms with Crippen LogP contribution in [0.2, 0.25) is 0 Å². The first-order chi connectivity index (χ1) is 10.6. The van der Waals surface area contributed by atoms with Gasteiger partial charge in [-0.25, -0.2) is 4.98 Å². The second-order valence-corrected chi connectivity index (χ2v) is 5.12. The second-order valence-electron chi connectivity index (χ2n) is 5.12. The van der Waals surface area contributed by atoms with E-state index in [4.69, 9.17) is 0 Å². The van der Waals surface area contributed by atoms with Crippen LogP contribution in [0.1, 0.15) is 27.8 Å². The van der Waals surface area contributed by atoms with Crippen molar-refractivity contribution in [3.63, 3.8) is 0 Å². The van der Waals surface area contributed by atoms with Crippen molar-refractivity contribution >= 4 is 5.91 Å². The lowest BCUT2D eigenvalue weighted by Gasteiger charge is -2.18. The van der Waals surface area contributed by atoms with Crippen molar-refractivity contribution in [3.8, 4) is 0 Å². The number of carbonyl (C=O) groups excluding carboxylic acids is 1. The molecule has 22 heavy (non-hydrogen) atoms. The molecule has 1 atom stereocenters. The normalized spacial score (nSPS) is 12.1. The van der Waals surface area contributed by atoms with Crippen LogP contribution in [-0.2, 0) is 14.1 Å². The molecular formula is C16H17N5O. The number of hydrogen-bond donors (Lipinski definition) is 1. The molecule has 0 spiro atoms. The summed E-state index contributed by atoms with van der Waals surface area (Å²) in [6.07, 6.45) is 6.83. The van der Waals surface area contributed by atoms with Gasteiger partial charge in [-0.3, -0.25) is 9.48 Å². The maximum absolute atomic E-state index is 12.4. The second kappa shape index (κ2) is 5.85. The molecule has 3 rings (SSSR count). The number of aromatic nitrogens is 4. The van der Waals surface area contributed by atoms with Gasteiger partial charge in [0, 0.05) is 32.7 Å². The average molecular weight is 295 g/mol. The van der Waals surface area contributed by atoms with Crippen LogP contribution in [0.4, 0.5) is 0 Å². The molecule has 0 aliphatic rings. The lowest BCUT2D eigenvalue weighted by Crippen LogP contribution is -2.30. The Balaban J connectivity index is 1.93. The number of amides is 1. The molecule has 0 aliphatic carbocycles. The highest BCUT2D eigenvalue weighted by atomic mass is 16.1. The van der Waals surface area contributed by atoms with E-state index >= 15 is 0 Å². The number of nitrogens with zero attached hydrogens (tertiary/aromatic N) is 4. The van der Waals surface area contributed by atoms with E-state index in [1.54, 1.807) is 30.3 Å². The van der Waals surface area contributed by atoms with E-state index in [1.807, 2.05) is 48.1 Å². The van der Waals surface area contributed by atoms with Crippen molar-refractivity contribution in [2.45, 2.75) is 6.04 Å². The molecule has 6 nitrogen and oxygen atoms in total. The molecule has 112 valence electrons. The highest BCUT2D eigenvalue weighted by Gasteiger charge is 2.21. The molecule has 6 heteroatoms. The molecule has 1 amide bonds. The van der Waals surface area contributed by atoms with E-state index in [1.165, 1.54) is 0 Å². The number of carbonyl (C=O) groups is 1. The third kappa shape index (κ3) is 2.76. The van der Waals surface area contributed by atoms with Gasteiger partial charge in [0.05, 0.1) is 11.8 Å². The Kier molecular flexibility index (Phi) is 3.74. The Labute approximate surface area is 128 Å². The number of hydrogen-bond acceptors (Lipinski definition) is 3. The van der Waals surface area contributed by atoms with Gasteiger partial charge in [-0.05, 0) is 5.56 Å². The van der Waals surface area contributed by atoms with E-state index in [9.17, 15) is 4.79 Å². The van der Waals surface area contributed by atoms with E-state index in [0.717, 1.165) is 11.4 Å². The van der Waals surface area contributed by atoms with Crippen LogP contribution in [0.15, 0.2) is 55.1 Å². The fourth-order valence-electron chi connectivity index (χ4n) is 2.35. The Morgan fingerprint density at radius 2 is 2.00 bits per heavy atom. The summed E-state index contributed by atoms with van der Waals surface area (Å²) in [5.41, 5.74) is 1.51. The predicted octanol–water partition coefficient (Wildman–Crippen LogP) is 1.67. The lowest BCUT2D eigenvalue weighted by molar-refractivity contribution is 0.0941. The van der Waals surface area contributed by atoms with Gasteiger partial charge in [0.2, 0.25) is 0 Å². The van der Waals surface area contributed by atoms with E-state index in [0.29, 0.717) is 5.56 Å². The van der Waals surface area contributed by atoms with E-state index in [-0.39, 0.29) is 11.9 Å². The standard InChI is InChI=1S/C16H17N5O/c1-20-9-8-17-15(20)14(12-6-4-3-5-7-12)19-16(22)13-10-18-21(2)11-13/h3-11,14H,1-2H3,(H,19,22)/t14-/m1/s1. The molecule has 0 unspecified atom stereocenters. The Morgan fingerprint density at radius 1 is 1.23 bits per heavy atom. The van der Waals surface area contributed by atoms with Crippen LogP contribution in [0.3, 0.4) is 0 Å². The lowest BCUT2D eigenvalue weighted by atomic mass is 10.1. The summed E-state index contributed by atoms with van der Waals surface area (Å²) in [6, 6.07) is 9.48. The molecule has 0 fully saturated rings. The van der Waals surface area contributed by atoms with Gasteiger partial charge in [-0.15, -0.1) is 0 Å². The molecule has 3 aromatic rings. The summed E-state index contributed by atoms with van der Waals surface area (Å²) < 4.78 is 3.51. The fraction of sp³-hybridized carbons (Fsp3) is 0.188. The zero-order valence-corrected chi connectivity index (χ0v) is 12.5. The van der Waals surface area contributed by atoms with Gasteiger partial charge in [-0.1, -0.05) is 30.3 Å². The highest BCUT2D eigenvalue weighted by molar-refractivity contribution is 5.94. The minimum Gasteiger partial charge on any atom is -0.338 e. The number of benzene rings is 1. The van der Waals surface area contributed by atoms with Crippen molar-refractivity contribution < 1.29 is 4.79 Å². The molecule has 1 aromatic carbocycles. The monoisotopic (exact) mass is 295 g/mol. The van der Waals surface area contributed by atoms with Crippen molar-refractivity contribution in [2.24, 2.45) is 14.1 Å². The van der Waals surface area contributed by atoms with E-state index in [2.05, 4.69) is 15.4 Å². The molecule has 2 heterocycles. The molecule has 0 aliphatic heterocycles. The van der Waals surface area contributed by atoms with Crippen LogP contribution in [0.25, 0.3) is 0 Å². The third-order valence-electron chi connectivity index (χ3n) is 3.49. The summed E-state index contributed by atoms with van der Waals surface area (Å²) in [4.78, 5) is 16.8. The van der Waals surface area contributed by atoms with Gasteiger partial charge in [0.1, 0.15) is 11.9 Å². The molecule has 0 saturated heterocycles. The van der Waals surface area contributed by atoms with Crippen LogP contribution in [0.5, 0.6) is 0 Å². The van der Waals surface area contributed by atoms with Gasteiger partial charge in [-0.2, -0.15) is 5.10 Å². The third-order valence-corrected chi connectivity index (χ3v) is 3.49. The first-order valence-corrected chi connectivity index (χ1v) is 6.97. The van der Waals surface area contributed by atoms with E-state index < -0.39 is 0 Å². The molecule has 0 radical (unpaired) electrons. The SMILES string of the molecule is Cn1cc(C(=O)N[C@H](c2ccccc2)c2nccn2C)cn1. The Hall–Kier alpha value is -2.89.